The van der Waals surface area contributed by atoms with Crippen molar-refractivity contribution in [2.45, 2.75) is 20.4 Å². The number of hydrogen-bond donors (Lipinski definition) is 2. The lowest BCUT2D eigenvalue weighted by atomic mass is 10.2. The van der Waals surface area contributed by atoms with Crippen LogP contribution in [0.4, 0.5) is 11.4 Å². The van der Waals surface area contributed by atoms with Crippen LogP contribution in [0.25, 0.3) is 0 Å². The maximum atomic E-state index is 11.2. The third-order valence-corrected chi connectivity index (χ3v) is 3.38. The predicted octanol–water partition coefficient (Wildman–Crippen LogP) is 2.88. The van der Waals surface area contributed by atoms with Gasteiger partial charge in [-0.15, -0.1) is 0 Å². The molecule has 0 unspecified atom stereocenters. The minimum absolute atomic E-state index is 0.589. The molecular weight excluding hydrogens is 276 g/mol. The van der Waals surface area contributed by atoms with Gasteiger partial charge >= 0.3 is 0 Å². The molecule has 6 heteroatoms. The maximum Gasteiger partial charge on any atom is 0.229 e. The molecule has 0 amide bonds. The van der Waals surface area contributed by atoms with Crippen molar-refractivity contribution in [2.24, 2.45) is 0 Å². The fourth-order valence-electron chi connectivity index (χ4n) is 1.86. The Balaban J connectivity index is 2.05. The Hall–Kier alpha value is -1.95. The lowest BCUT2D eigenvalue weighted by Gasteiger charge is -2.10. The van der Waals surface area contributed by atoms with Gasteiger partial charge in [-0.2, -0.15) is 0 Å². The van der Waals surface area contributed by atoms with E-state index in [-0.39, 0.29) is 0 Å². The van der Waals surface area contributed by atoms with Crippen LogP contribution in [-0.4, -0.2) is 14.7 Å². The molecule has 0 atom stereocenters. The number of rotatable bonds is 5. The topological polar surface area (TPSA) is 71.3 Å². The Morgan fingerprint density at radius 1 is 1.15 bits per heavy atom. The van der Waals surface area contributed by atoms with Gasteiger partial charge in [-0.3, -0.25) is 4.72 Å². The monoisotopic (exact) mass is 294 g/mol. The van der Waals surface area contributed by atoms with Gasteiger partial charge in [-0.05, 0) is 49.7 Å². The van der Waals surface area contributed by atoms with Crippen molar-refractivity contribution in [1.29, 1.82) is 0 Å². The van der Waals surface area contributed by atoms with E-state index in [1.54, 1.807) is 6.07 Å². The second kappa shape index (κ2) is 5.58. The van der Waals surface area contributed by atoms with Gasteiger partial charge in [-0.1, -0.05) is 0 Å². The molecule has 108 valence electrons. The van der Waals surface area contributed by atoms with Crippen LogP contribution in [0.15, 0.2) is 34.7 Å². The van der Waals surface area contributed by atoms with Gasteiger partial charge in [-0.25, -0.2) is 8.42 Å². The molecule has 5 nitrogen and oxygen atoms in total. The minimum atomic E-state index is -3.25. The number of sulfonamides is 1. The summed E-state index contributed by atoms with van der Waals surface area (Å²) in [6.45, 7) is 4.35. The Kier molecular flexibility index (Phi) is 4.04. The van der Waals surface area contributed by atoms with Crippen molar-refractivity contribution in [1.82, 2.24) is 0 Å². The molecule has 0 saturated heterocycles. The number of aryl methyl sites for hydroxylation is 2. The number of furan rings is 1. The second-order valence-electron chi connectivity index (χ2n) is 4.77. The first-order valence-electron chi connectivity index (χ1n) is 6.21. The molecule has 2 rings (SSSR count). The van der Waals surface area contributed by atoms with Crippen LogP contribution in [0, 0.1) is 13.8 Å². The van der Waals surface area contributed by atoms with E-state index in [4.69, 9.17) is 4.42 Å². The highest BCUT2D eigenvalue weighted by Gasteiger charge is 2.06. The molecule has 0 fully saturated rings. The predicted molar refractivity (Wildman–Crippen MR) is 80.4 cm³/mol. The molecule has 1 aromatic heterocycles. The fourth-order valence-corrected chi connectivity index (χ4v) is 2.49. The third-order valence-electron chi connectivity index (χ3n) is 2.78. The second-order valence-corrected chi connectivity index (χ2v) is 6.52. The lowest BCUT2D eigenvalue weighted by molar-refractivity contribution is 0.490. The van der Waals surface area contributed by atoms with E-state index in [0.717, 1.165) is 29.0 Å². The van der Waals surface area contributed by atoms with Crippen molar-refractivity contribution in [2.75, 3.05) is 16.3 Å². The largest absolute Gasteiger partial charge is 0.465 e. The van der Waals surface area contributed by atoms with Gasteiger partial charge in [0.15, 0.2) is 0 Å². The van der Waals surface area contributed by atoms with Crippen LogP contribution in [0.3, 0.4) is 0 Å². The van der Waals surface area contributed by atoms with Crippen molar-refractivity contribution in [3.8, 4) is 0 Å². The van der Waals surface area contributed by atoms with E-state index in [1.807, 2.05) is 38.1 Å². The number of benzene rings is 1. The molecular formula is C14H18N2O3S. The Bertz CT molecular complexity index is 705. The van der Waals surface area contributed by atoms with E-state index in [2.05, 4.69) is 10.0 Å². The van der Waals surface area contributed by atoms with E-state index in [1.165, 1.54) is 0 Å². The summed E-state index contributed by atoms with van der Waals surface area (Å²) in [6.07, 6.45) is 1.14. The summed E-state index contributed by atoms with van der Waals surface area (Å²) in [5, 5.41) is 3.23. The van der Waals surface area contributed by atoms with Crippen LogP contribution < -0.4 is 10.0 Å². The van der Waals surface area contributed by atoms with Gasteiger partial charge in [0.05, 0.1) is 18.5 Å². The van der Waals surface area contributed by atoms with Crippen molar-refractivity contribution in [3.05, 3.63) is 47.4 Å². The lowest BCUT2D eigenvalue weighted by Crippen LogP contribution is -2.10. The van der Waals surface area contributed by atoms with Crippen molar-refractivity contribution < 1.29 is 12.8 Å². The quantitative estimate of drug-likeness (QED) is 0.889. The average Bonchev–Trinajstić information content (AvgIpc) is 2.74. The third kappa shape index (κ3) is 4.03. The molecule has 0 aliphatic carbocycles. The van der Waals surface area contributed by atoms with Crippen LogP contribution in [0.5, 0.6) is 0 Å². The molecule has 1 heterocycles. The Morgan fingerprint density at radius 3 is 2.45 bits per heavy atom. The summed E-state index contributed by atoms with van der Waals surface area (Å²) in [5.74, 6) is 1.74. The van der Waals surface area contributed by atoms with Crippen LogP contribution >= 0.6 is 0 Å². The highest BCUT2D eigenvalue weighted by atomic mass is 32.2. The van der Waals surface area contributed by atoms with Gasteiger partial charge in [0.1, 0.15) is 11.5 Å². The van der Waals surface area contributed by atoms with E-state index in [9.17, 15) is 8.42 Å². The highest BCUT2D eigenvalue weighted by molar-refractivity contribution is 7.92. The molecule has 0 radical (unpaired) electrons. The molecule has 2 aromatic rings. The smallest absolute Gasteiger partial charge is 0.229 e. The summed E-state index contributed by atoms with van der Waals surface area (Å²) in [4.78, 5) is 0. The molecule has 0 aliphatic rings. The summed E-state index contributed by atoms with van der Waals surface area (Å²) in [7, 11) is -3.25. The highest BCUT2D eigenvalue weighted by Crippen LogP contribution is 2.21. The molecule has 0 saturated carbocycles. The number of nitrogens with one attached hydrogen (secondary N) is 2. The number of hydrogen-bond acceptors (Lipinski definition) is 4. The van der Waals surface area contributed by atoms with Crippen LogP contribution in [-0.2, 0) is 16.6 Å². The average molecular weight is 294 g/mol. The van der Waals surface area contributed by atoms with E-state index in [0.29, 0.717) is 12.2 Å². The summed E-state index contributed by atoms with van der Waals surface area (Å²) in [6, 6.07) is 9.31. The Labute approximate surface area is 119 Å². The first-order valence-corrected chi connectivity index (χ1v) is 8.10. The number of anilines is 2. The first kappa shape index (κ1) is 14.5. The summed E-state index contributed by atoms with van der Waals surface area (Å²) < 4.78 is 30.4. The van der Waals surface area contributed by atoms with Gasteiger partial charge < -0.3 is 9.73 Å². The molecule has 0 bridgehead atoms. The zero-order chi connectivity index (χ0) is 14.8. The van der Waals surface area contributed by atoms with E-state index >= 15 is 0 Å². The van der Waals surface area contributed by atoms with E-state index < -0.39 is 10.0 Å². The molecule has 2 N–H and O–H groups in total. The van der Waals surface area contributed by atoms with Crippen molar-refractivity contribution >= 4 is 21.4 Å². The van der Waals surface area contributed by atoms with Crippen molar-refractivity contribution in [3.63, 3.8) is 0 Å². The van der Waals surface area contributed by atoms with Gasteiger partial charge in [0.2, 0.25) is 10.0 Å². The summed E-state index contributed by atoms with van der Waals surface area (Å²) >= 11 is 0. The minimum Gasteiger partial charge on any atom is -0.465 e. The maximum absolute atomic E-state index is 11.2. The summed E-state index contributed by atoms with van der Waals surface area (Å²) in [5.41, 5.74) is 2.36. The zero-order valence-electron chi connectivity index (χ0n) is 11.7. The van der Waals surface area contributed by atoms with Gasteiger partial charge in [0.25, 0.3) is 0 Å². The zero-order valence-corrected chi connectivity index (χ0v) is 12.5. The Morgan fingerprint density at radius 2 is 1.90 bits per heavy atom. The normalized spacial score (nSPS) is 11.3. The molecule has 20 heavy (non-hydrogen) atoms. The molecule has 0 aliphatic heterocycles. The SMILES string of the molecule is Cc1ccc(CNc2ccc(NS(C)(=O)=O)c(C)c2)o1. The van der Waals surface area contributed by atoms with Crippen LogP contribution in [0.2, 0.25) is 0 Å². The fraction of sp³-hybridized carbons (Fsp3) is 0.286. The van der Waals surface area contributed by atoms with Crippen LogP contribution in [0.1, 0.15) is 17.1 Å². The van der Waals surface area contributed by atoms with Gasteiger partial charge in [0, 0.05) is 5.69 Å². The standard InChI is InChI=1S/C14H18N2O3S/c1-10-8-12(5-7-14(10)16-20(3,17)18)15-9-13-6-4-11(2)19-13/h4-8,15-16H,9H2,1-3H3. The molecule has 0 spiro atoms. The molecule has 1 aromatic carbocycles. The first-order chi connectivity index (χ1) is 9.33.